The molecule has 3 heterocycles. The molecule has 2 aliphatic carbocycles. The lowest BCUT2D eigenvalue weighted by molar-refractivity contribution is -0.422. The molecule has 16 heteroatoms. The number of phenolic OH excluding ortho intramolecular Hbond substituents is 2. The van der Waals surface area contributed by atoms with Crippen LogP contribution < -0.4 is 15.4 Å². The number of aliphatic carboxylic acids is 1. The Morgan fingerprint density at radius 1 is 1.02 bits per heavy atom. The summed E-state index contributed by atoms with van der Waals surface area (Å²) in [6.07, 6.45) is 1.19. The minimum atomic E-state index is -3.13. The van der Waals surface area contributed by atoms with Gasteiger partial charge in [0.15, 0.2) is 23.1 Å². The fourth-order valence-electron chi connectivity index (χ4n) is 10.0. The summed E-state index contributed by atoms with van der Waals surface area (Å²) in [5.41, 5.74) is 7.92. The second-order valence-electron chi connectivity index (χ2n) is 16.1. The van der Waals surface area contributed by atoms with Gasteiger partial charge >= 0.3 is 11.9 Å². The molecule has 0 bridgehead atoms. The standard InChI is InChI=1S/C44H48N4O12/c1-2-28-29(47-22-46-28)18-24-17-23(10-12-31(24)50)11-13-36(52)48-30-20-33(59-44(58)40(55)39(54)38(53)34(21-49)60-44)32(51)19-26(30)37-27(14-16-43(37,48)41(56)57)42(15-6-9-35(42)45)25-7-4-3-5-8-25/h3-5,7-8,10-14,16-17,19-20,27,34-35,37-40,49-51,53-55,58H,2,6,9,15,18,21-22,45H2,1H3,(H,56,57)/t27-,34-,35-,37-,38-,39+,40-,42-,43-,44-/m1/s1. The molecule has 5 aliphatic rings. The lowest BCUT2D eigenvalue weighted by Crippen LogP contribution is -2.67. The van der Waals surface area contributed by atoms with Crippen molar-refractivity contribution in [2.45, 2.75) is 92.3 Å². The number of allylic oxidation sites excluding steroid dienone is 1. The van der Waals surface area contributed by atoms with E-state index in [1.807, 2.05) is 37.3 Å². The maximum Gasteiger partial charge on any atom is 0.355 e. The molecule has 1 saturated carbocycles. The summed E-state index contributed by atoms with van der Waals surface area (Å²) in [5, 5.41) is 86.3. The van der Waals surface area contributed by atoms with Crippen LogP contribution in [0.2, 0.25) is 0 Å². The number of anilines is 1. The molecule has 60 heavy (non-hydrogen) atoms. The Labute approximate surface area is 344 Å². The van der Waals surface area contributed by atoms with Crippen molar-refractivity contribution in [1.82, 2.24) is 0 Å². The van der Waals surface area contributed by atoms with Gasteiger partial charge in [-0.3, -0.25) is 19.7 Å². The minimum Gasteiger partial charge on any atom is -0.508 e. The minimum absolute atomic E-state index is 0.0146. The van der Waals surface area contributed by atoms with Crippen molar-refractivity contribution in [3.63, 3.8) is 0 Å². The summed E-state index contributed by atoms with van der Waals surface area (Å²) in [7, 11) is 0. The first-order valence-electron chi connectivity index (χ1n) is 20.0. The largest absolute Gasteiger partial charge is 0.508 e. The number of aliphatic imine (C=N–C) groups is 2. The monoisotopic (exact) mass is 824 g/mol. The highest BCUT2D eigenvalue weighted by Crippen LogP contribution is 2.64. The van der Waals surface area contributed by atoms with Crippen LogP contribution in [0.4, 0.5) is 5.69 Å². The third-order valence-electron chi connectivity index (χ3n) is 12.9. The molecule has 1 amide bonds. The van der Waals surface area contributed by atoms with E-state index in [1.54, 1.807) is 18.2 Å². The summed E-state index contributed by atoms with van der Waals surface area (Å²) in [5.74, 6) is -8.10. The lowest BCUT2D eigenvalue weighted by Gasteiger charge is -2.44. The molecule has 10 N–H and O–H groups in total. The number of amides is 1. The quantitative estimate of drug-likeness (QED) is 0.0762. The van der Waals surface area contributed by atoms with Crippen LogP contribution in [0.1, 0.15) is 60.8 Å². The van der Waals surface area contributed by atoms with Gasteiger partial charge in [0.05, 0.1) is 23.7 Å². The van der Waals surface area contributed by atoms with Crippen molar-refractivity contribution >= 4 is 35.1 Å². The first-order valence-corrected chi connectivity index (χ1v) is 20.0. The SMILES string of the molecule is CCC1=NCN=C1Cc1cc(C=CC(=O)N2c3cc(O[C@@]4(O)O[C@H](CO)[C@@H](O)[C@H](O)[C@H]4O)c(O)cc3[C@@H]3[C@H]([C@]4(c5ccccc5)CCC[C@H]4N)C=C[C@]32C(=O)O)ccc1O. The van der Waals surface area contributed by atoms with Crippen molar-refractivity contribution in [3.05, 3.63) is 101 Å². The second-order valence-corrected chi connectivity index (χ2v) is 16.1. The molecule has 0 unspecified atom stereocenters. The van der Waals surface area contributed by atoms with Gasteiger partial charge in [-0.15, -0.1) is 0 Å². The predicted octanol–water partition coefficient (Wildman–Crippen LogP) is 2.00. The van der Waals surface area contributed by atoms with Gasteiger partial charge in [0.2, 0.25) is 0 Å². The Bertz CT molecular complexity index is 2310. The fraction of sp³-hybridized carbons (Fsp3) is 0.409. The Hall–Kier alpha value is -5.46. The number of fused-ring (bicyclic) bond motifs is 3. The Kier molecular flexibility index (Phi) is 10.7. The third kappa shape index (κ3) is 6.41. The topological polar surface area (TPSA) is 268 Å². The molecule has 0 radical (unpaired) electrons. The maximum absolute atomic E-state index is 14.8. The summed E-state index contributed by atoms with van der Waals surface area (Å²) >= 11 is 0. The van der Waals surface area contributed by atoms with E-state index in [1.165, 1.54) is 30.4 Å². The highest BCUT2D eigenvalue weighted by molar-refractivity contribution is 6.43. The van der Waals surface area contributed by atoms with Gasteiger partial charge in [-0.05, 0) is 66.1 Å². The van der Waals surface area contributed by atoms with Gasteiger partial charge in [0.1, 0.15) is 30.7 Å². The number of aliphatic hydroxyl groups excluding tert-OH is 4. The Balaban J connectivity index is 1.24. The number of carbonyl (C=O) groups is 2. The first-order chi connectivity index (χ1) is 28.7. The van der Waals surface area contributed by atoms with E-state index >= 15 is 0 Å². The summed E-state index contributed by atoms with van der Waals surface area (Å²) in [6.45, 7) is 1.39. The number of phenols is 2. The average molecular weight is 825 g/mol. The first kappa shape index (κ1) is 41.3. The third-order valence-corrected chi connectivity index (χ3v) is 12.9. The molecule has 3 aromatic rings. The van der Waals surface area contributed by atoms with E-state index in [2.05, 4.69) is 9.98 Å². The predicted molar refractivity (Wildman–Crippen MR) is 218 cm³/mol. The van der Waals surface area contributed by atoms with Crippen LogP contribution in [-0.4, -0.2) is 119 Å². The number of carboxylic acid groups (broad SMARTS) is 1. The second kappa shape index (κ2) is 15.5. The van der Waals surface area contributed by atoms with Crippen LogP contribution >= 0.6 is 0 Å². The Morgan fingerprint density at radius 2 is 1.77 bits per heavy atom. The number of aliphatic hydroxyl groups is 5. The number of ether oxygens (including phenoxy) is 2. The normalized spacial score (nSPS) is 33.2. The average Bonchev–Trinajstić information content (AvgIpc) is 4.02. The molecule has 0 spiro atoms. The van der Waals surface area contributed by atoms with E-state index in [-0.39, 0.29) is 17.0 Å². The van der Waals surface area contributed by atoms with Gasteiger partial charge in [-0.2, -0.15) is 0 Å². The number of nitrogens with zero attached hydrogens (tertiary/aromatic N) is 3. The van der Waals surface area contributed by atoms with E-state index in [0.29, 0.717) is 43.5 Å². The number of aromatic hydroxyl groups is 2. The number of carbonyl (C=O) groups excluding carboxylic acids is 1. The maximum atomic E-state index is 14.8. The summed E-state index contributed by atoms with van der Waals surface area (Å²) in [4.78, 5) is 38.7. The zero-order valence-electron chi connectivity index (χ0n) is 32.7. The van der Waals surface area contributed by atoms with Crippen LogP contribution in [0.5, 0.6) is 17.2 Å². The number of nitrogens with two attached hydrogens (primary N) is 1. The van der Waals surface area contributed by atoms with Crippen molar-refractivity contribution < 1.29 is 59.9 Å². The van der Waals surface area contributed by atoms with E-state index in [4.69, 9.17) is 15.2 Å². The molecule has 3 aromatic carbocycles. The van der Waals surface area contributed by atoms with Crippen molar-refractivity contribution in [1.29, 1.82) is 0 Å². The summed E-state index contributed by atoms with van der Waals surface area (Å²) < 4.78 is 10.9. The molecule has 8 rings (SSSR count). The Morgan fingerprint density at radius 3 is 2.45 bits per heavy atom. The zero-order valence-corrected chi connectivity index (χ0v) is 32.7. The van der Waals surface area contributed by atoms with Gasteiger partial charge in [-0.1, -0.05) is 61.9 Å². The van der Waals surface area contributed by atoms with Crippen LogP contribution in [0, 0.1) is 5.92 Å². The highest BCUT2D eigenvalue weighted by atomic mass is 16.8. The van der Waals surface area contributed by atoms with E-state index in [0.717, 1.165) is 34.4 Å². The van der Waals surface area contributed by atoms with Crippen LogP contribution in [0.15, 0.2) is 88.9 Å². The molecule has 10 atom stereocenters. The number of hydrogen-bond donors (Lipinski definition) is 9. The molecular formula is C44H48N4O12. The molecular weight excluding hydrogens is 776 g/mol. The molecule has 16 nitrogen and oxygen atoms in total. The fourth-order valence-corrected chi connectivity index (χ4v) is 10.0. The zero-order chi connectivity index (χ0) is 42.7. The number of rotatable bonds is 11. The van der Waals surface area contributed by atoms with Crippen LogP contribution in [0.25, 0.3) is 6.08 Å². The van der Waals surface area contributed by atoms with Gasteiger partial charge in [0, 0.05) is 41.5 Å². The number of carboxylic acids is 1. The van der Waals surface area contributed by atoms with Crippen LogP contribution in [0.3, 0.4) is 0 Å². The van der Waals surface area contributed by atoms with E-state index < -0.39 is 89.2 Å². The molecule has 1 saturated heterocycles. The summed E-state index contributed by atoms with van der Waals surface area (Å²) in [6, 6.07) is 16.3. The molecule has 316 valence electrons. The number of hydrogen-bond acceptors (Lipinski definition) is 14. The smallest absolute Gasteiger partial charge is 0.355 e. The van der Waals surface area contributed by atoms with Gasteiger partial charge in [0.25, 0.3) is 5.91 Å². The van der Waals surface area contributed by atoms with Crippen molar-refractivity contribution in [2.24, 2.45) is 21.6 Å². The van der Waals surface area contributed by atoms with Gasteiger partial charge < -0.3 is 56.1 Å². The molecule has 2 fully saturated rings. The van der Waals surface area contributed by atoms with Gasteiger partial charge in [-0.25, -0.2) is 4.79 Å². The highest BCUT2D eigenvalue weighted by Gasteiger charge is 2.67. The van der Waals surface area contributed by atoms with Crippen molar-refractivity contribution in [2.75, 3.05) is 18.2 Å². The van der Waals surface area contributed by atoms with Crippen molar-refractivity contribution in [3.8, 4) is 17.2 Å². The molecule has 3 aliphatic heterocycles. The number of benzene rings is 3. The lowest BCUT2D eigenvalue weighted by atomic mass is 9.61. The molecule has 0 aromatic heterocycles. The van der Waals surface area contributed by atoms with Crippen LogP contribution in [-0.2, 0) is 26.2 Å². The van der Waals surface area contributed by atoms with E-state index in [9.17, 15) is 50.4 Å².